The van der Waals surface area contributed by atoms with Gasteiger partial charge in [0.15, 0.2) is 5.78 Å². The van der Waals surface area contributed by atoms with Gasteiger partial charge in [-0.05, 0) is 42.3 Å². The molecule has 6 heteroatoms. The van der Waals surface area contributed by atoms with Gasteiger partial charge in [-0.3, -0.25) is 4.79 Å². The third kappa shape index (κ3) is 2.58. The van der Waals surface area contributed by atoms with Crippen molar-refractivity contribution in [2.75, 3.05) is 0 Å². The van der Waals surface area contributed by atoms with Crippen molar-refractivity contribution in [2.45, 2.75) is 31.7 Å². The zero-order valence-electron chi connectivity index (χ0n) is 10.3. The van der Waals surface area contributed by atoms with E-state index in [1.54, 1.807) is 0 Å². The second-order valence-corrected chi connectivity index (χ2v) is 5.58. The fourth-order valence-electron chi connectivity index (χ4n) is 2.28. The Balaban J connectivity index is 1.86. The number of rotatable bonds is 2. The molecule has 1 atom stereocenters. The van der Waals surface area contributed by atoms with Crippen LogP contribution < -0.4 is 0 Å². The van der Waals surface area contributed by atoms with Crippen molar-refractivity contribution >= 4 is 21.7 Å². The fourth-order valence-corrected chi connectivity index (χ4v) is 2.54. The van der Waals surface area contributed by atoms with Crippen LogP contribution in [0.1, 0.15) is 31.7 Å². The number of halogens is 1. The Hall–Kier alpha value is -1.56. The van der Waals surface area contributed by atoms with Gasteiger partial charge in [-0.1, -0.05) is 22.4 Å². The molecule has 0 spiro atoms. The summed E-state index contributed by atoms with van der Waals surface area (Å²) in [6, 6.07) is 7.48. The molecule has 1 heterocycles. The lowest BCUT2D eigenvalue weighted by atomic mass is 9.95. The molecule has 0 amide bonds. The molecule has 0 N–H and O–H groups in total. The van der Waals surface area contributed by atoms with Crippen molar-refractivity contribution in [3.05, 3.63) is 28.7 Å². The summed E-state index contributed by atoms with van der Waals surface area (Å²) >= 11 is 3.39. The first-order valence-corrected chi connectivity index (χ1v) is 7.11. The molecule has 0 bridgehead atoms. The molecular formula is C13H13BrN4O. The van der Waals surface area contributed by atoms with E-state index in [0.29, 0.717) is 12.2 Å². The zero-order chi connectivity index (χ0) is 13.2. The number of carbonyl (C=O) groups is 1. The standard InChI is InChI=1S/C13H13BrN4O/c14-10-7-5-9(6-8-10)13-15-17-18(16-13)11-3-1-2-4-12(11)19/h5-8,11H,1-4H2/t11-/m1/s1. The number of hydrogen-bond acceptors (Lipinski definition) is 4. The Kier molecular flexibility index (Phi) is 3.42. The van der Waals surface area contributed by atoms with Gasteiger partial charge in [0.1, 0.15) is 6.04 Å². The van der Waals surface area contributed by atoms with Crippen LogP contribution in [0.2, 0.25) is 0 Å². The Bertz CT molecular complexity index is 593. The molecule has 0 aliphatic heterocycles. The maximum atomic E-state index is 11.9. The number of carbonyl (C=O) groups excluding carboxylic acids is 1. The van der Waals surface area contributed by atoms with Gasteiger partial charge in [-0.25, -0.2) is 0 Å². The van der Waals surface area contributed by atoms with Crippen molar-refractivity contribution < 1.29 is 4.79 Å². The molecule has 5 nitrogen and oxygen atoms in total. The summed E-state index contributed by atoms with van der Waals surface area (Å²) in [6.07, 6.45) is 3.46. The SMILES string of the molecule is O=C1CCCC[C@H]1n1nnc(-c2ccc(Br)cc2)n1. The number of aromatic nitrogens is 4. The maximum absolute atomic E-state index is 11.9. The van der Waals surface area contributed by atoms with Crippen LogP contribution in [0.15, 0.2) is 28.7 Å². The summed E-state index contributed by atoms with van der Waals surface area (Å²) in [5, 5.41) is 12.4. The van der Waals surface area contributed by atoms with Crippen molar-refractivity contribution in [1.82, 2.24) is 20.2 Å². The molecule has 19 heavy (non-hydrogen) atoms. The van der Waals surface area contributed by atoms with Crippen LogP contribution in [-0.2, 0) is 4.79 Å². The van der Waals surface area contributed by atoms with Gasteiger partial charge < -0.3 is 0 Å². The average molecular weight is 321 g/mol. The Labute approximate surface area is 119 Å². The quantitative estimate of drug-likeness (QED) is 0.853. The van der Waals surface area contributed by atoms with Crippen molar-refractivity contribution in [2.24, 2.45) is 0 Å². The second-order valence-electron chi connectivity index (χ2n) is 4.67. The first-order chi connectivity index (χ1) is 9.24. The van der Waals surface area contributed by atoms with E-state index in [1.807, 2.05) is 24.3 Å². The molecule has 1 aliphatic carbocycles. The average Bonchev–Trinajstić information content (AvgIpc) is 2.89. The van der Waals surface area contributed by atoms with E-state index in [9.17, 15) is 4.79 Å². The van der Waals surface area contributed by atoms with Crippen LogP contribution >= 0.6 is 15.9 Å². The summed E-state index contributed by atoms with van der Waals surface area (Å²) < 4.78 is 1.01. The lowest BCUT2D eigenvalue weighted by Gasteiger charge is -2.18. The van der Waals surface area contributed by atoms with E-state index in [-0.39, 0.29) is 11.8 Å². The summed E-state index contributed by atoms with van der Waals surface area (Å²) in [7, 11) is 0. The molecule has 0 radical (unpaired) electrons. The number of nitrogens with zero attached hydrogens (tertiary/aromatic N) is 4. The Morgan fingerprint density at radius 3 is 2.74 bits per heavy atom. The summed E-state index contributed by atoms with van der Waals surface area (Å²) in [4.78, 5) is 13.3. The highest BCUT2D eigenvalue weighted by Gasteiger charge is 2.26. The van der Waals surface area contributed by atoms with Crippen LogP contribution in [0.4, 0.5) is 0 Å². The molecule has 1 aromatic heterocycles. The summed E-state index contributed by atoms with van der Waals surface area (Å²) in [6.45, 7) is 0. The lowest BCUT2D eigenvalue weighted by Crippen LogP contribution is -2.25. The van der Waals surface area contributed by atoms with Gasteiger partial charge in [0.05, 0.1) is 0 Å². The number of tetrazole rings is 1. The fraction of sp³-hybridized carbons (Fsp3) is 0.385. The Morgan fingerprint density at radius 1 is 1.21 bits per heavy atom. The molecule has 98 valence electrons. The van der Waals surface area contributed by atoms with Crippen molar-refractivity contribution in [3.63, 3.8) is 0 Å². The topological polar surface area (TPSA) is 60.7 Å². The normalized spacial score (nSPS) is 19.6. The minimum Gasteiger partial charge on any atom is -0.297 e. The predicted molar refractivity (Wildman–Crippen MR) is 73.5 cm³/mol. The highest BCUT2D eigenvalue weighted by atomic mass is 79.9. The molecule has 1 aromatic carbocycles. The van der Waals surface area contributed by atoms with Gasteiger partial charge in [0, 0.05) is 16.5 Å². The number of ketones is 1. The lowest BCUT2D eigenvalue weighted by molar-refractivity contribution is -0.124. The molecule has 1 aliphatic rings. The molecule has 1 saturated carbocycles. The van der Waals surface area contributed by atoms with E-state index < -0.39 is 0 Å². The van der Waals surface area contributed by atoms with E-state index >= 15 is 0 Å². The van der Waals surface area contributed by atoms with E-state index in [0.717, 1.165) is 29.3 Å². The van der Waals surface area contributed by atoms with Gasteiger partial charge in [0.25, 0.3) is 0 Å². The van der Waals surface area contributed by atoms with E-state index in [4.69, 9.17) is 0 Å². The minimum atomic E-state index is -0.231. The highest BCUT2D eigenvalue weighted by molar-refractivity contribution is 9.10. The Morgan fingerprint density at radius 2 is 2.00 bits per heavy atom. The molecule has 0 saturated heterocycles. The van der Waals surface area contributed by atoms with Gasteiger partial charge in [-0.2, -0.15) is 4.80 Å². The van der Waals surface area contributed by atoms with Crippen molar-refractivity contribution in [3.8, 4) is 11.4 Å². The third-order valence-corrected chi connectivity index (χ3v) is 3.86. The summed E-state index contributed by atoms with van der Waals surface area (Å²) in [5.74, 6) is 0.775. The van der Waals surface area contributed by atoms with Gasteiger partial charge >= 0.3 is 0 Å². The number of hydrogen-bond donors (Lipinski definition) is 0. The third-order valence-electron chi connectivity index (χ3n) is 3.33. The highest BCUT2D eigenvalue weighted by Crippen LogP contribution is 2.24. The van der Waals surface area contributed by atoms with Crippen LogP contribution in [0.25, 0.3) is 11.4 Å². The van der Waals surface area contributed by atoms with Crippen LogP contribution in [0.5, 0.6) is 0 Å². The minimum absolute atomic E-state index is 0.214. The molecule has 3 rings (SSSR count). The number of benzene rings is 1. The molecular weight excluding hydrogens is 308 g/mol. The first kappa shape index (κ1) is 12.5. The van der Waals surface area contributed by atoms with Crippen LogP contribution in [0, 0.1) is 0 Å². The van der Waals surface area contributed by atoms with E-state index in [2.05, 4.69) is 31.3 Å². The van der Waals surface area contributed by atoms with Crippen LogP contribution in [0.3, 0.4) is 0 Å². The smallest absolute Gasteiger partial charge is 0.204 e. The second kappa shape index (κ2) is 5.21. The molecule has 1 fully saturated rings. The van der Waals surface area contributed by atoms with Crippen LogP contribution in [-0.4, -0.2) is 26.0 Å². The van der Waals surface area contributed by atoms with Gasteiger partial charge in [-0.15, -0.1) is 10.2 Å². The molecule has 0 unspecified atom stereocenters. The predicted octanol–water partition coefficient (Wildman–Crippen LogP) is 2.79. The first-order valence-electron chi connectivity index (χ1n) is 6.32. The maximum Gasteiger partial charge on any atom is 0.204 e. The van der Waals surface area contributed by atoms with Crippen molar-refractivity contribution in [1.29, 1.82) is 0 Å². The molecule has 2 aromatic rings. The van der Waals surface area contributed by atoms with Gasteiger partial charge in [0.2, 0.25) is 5.82 Å². The largest absolute Gasteiger partial charge is 0.297 e. The monoisotopic (exact) mass is 320 g/mol. The summed E-state index contributed by atoms with van der Waals surface area (Å²) in [5.41, 5.74) is 0.901. The van der Waals surface area contributed by atoms with E-state index in [1.165, 1.54) is 4.80 Å². The number of Topliss-reactive ketones (excluding diaryl/α,β-unsaturated/α-hetero) is 1. The zero-order valence-corrected chi connectivity index (χ0v) is 11.9.